The number of hydrogen-bond acceptors (Lipinski definition) is 4. The zero-order valence-electron chi connectivity index (χ0n) is 7.23. The Morgan fingerprint density at radius 3 is 3.15 bits per heavy atom. The molecule has 1 aliphatic heterocycles. The van der Waals surface area contributed by atoms with Gasteiger partial charge in [0.15, 0.2) is 0 Å². The van der Waals surface area contributed by atoms with Crippen LogP contribution in [0.25, 0.3) is 0 Å². The van der Waals surface area contributed by atoms with Crippen LogP contribution in [0.15, 0.2) is 11.6 Å². The van der Waals surface area contributed by atoms with Crippen LogP contribution in [-0.2, 0) is 0 Å². The molecule has 0 unspecified atom stereocenters. The van der Waals surface area contributed by atoms with Crippen molar-refractivity contribution in [1.29, 1.82) is 0 Å². The highest BCUT2D eigenvalue weighted by molar-refractivity contribution is 7.11. The highest BCUT2D eigenvalue weighted by Gasteiger charge is 2.14. The molecule has 0 bridgehead atoms. The average molecular weight is 221 g/mol. The van der Waals surface area contributed by atoms with Gasteiger partial charge in [0.1, 0.15) is 6.10 Å². The van der Waals surface area contributed by atoms with Crippen LogP contribution >= 0.6 is 23.7 Å². The van der Waals surface area contributed by atoms with Gasteiger partial charge < -0.3 is 10.1 Å². The Kier molecular flexibility index (Phi) is 4.48. The molecule has 0 radical (unpaired) electrons. The maximum absolute atomic E-state index is 5.64. The molecule has 13 heavy (non-hydrogen) atoms. The second-order valence-electron chi connectivity index (χ2n) is 2.88. The van der Waals surface area contributed by atoms with E-state index < -0.39 is 0 Å². The summed E-state index contributed by atoms with van der Waals surface area (Å²) in [5.41, 5.74) is 0. The van der Waals surface area contributed by atoms with Crippen molar-refractivity contribution in [3.63, 3.8) is 0 Å². The van der Waals surface area contributed by atoms with E-state index in [-0.39, 0.29) is 12.4 Å². The van der Waals surface area contributed by atoms with E-state index in [1.165, 1.54) is 6.42 Å². The van der Waals surface area contributed by atoms with Crippen molar-refractivity contribution in [2.45, 2.75) is 18.9 Å². The van der Waals surface area contributed by atoms with Crippen molar-refractivity contribution >= 4 is 23.7 Å². The van der Waals surface area contributed by atoms with Crippen molar-refractivity contribution in [3.8, 4) is 5.19 Å². The summed E-state index contributed by atoms with van der Waals surface area (Å²) in [6.07, 6.45) is 4.45. The van der Waals surface area contributed by atoms with Gasteiger partial charge in [-0.15, -0.1) is 12.4 Å². The van der Waals surface area contributed by atoms with E-state index in [0.29, 0.717) is 6.10 Å². The fraction of sp³-hybridized carbons (Fsp3) is 0.625. The van der Waals surface area contributed by atoms with E-state index in [2.05, 4.69) is 10.3 Å². The van der Waals surface area contributed by atoms with Crippen molar-refractivity contribution in [2.75, 3.05) is 13.1 Å². The first kappa shape index (κ1) is 10.8. The first-order chi connectivity index (χ1) is 5.95. The molecule has 74 valence electrons. The molecule has 0 saturated carbocycles. The third-order valence-electron chi connectivity index (χ3n) is 1.93. The standard InChI is InChI=1S/C8H12N2OS.ClH/c1-2-7(6-9-3-1)11-8-10-4-5-12-8;/h4-5,7,9H,1-3,6H2;1H/t7-;/m0./s1. The van der Waals surface area contributed by atoms with Gasteiger partial charge in [-0.3, -0.25) is 0 Å². The maximum atomic E-state index is 5.64. The van der Waals surface area contributed by atoms with Crippen LogP contribution in [0, 0.1) is 0 Å². The number of thiazole rings is 1. The van der Waals surface area contributed by atoms with Crippen LogP contribution in [0.5, 0.6) is 5.19 Å². The Hall–Kier alpha value is -0.320. The predicted octanol–water partition coefficient (Wildman–Crippen LogP) is 1.70. The highest BCUT2D eigenvalue weighted by atomic mass is 35.5. The van der Waals surface area contributed by atoms with E-state index in [4.69, 9.17) is 4.74 Å². The van der Waals surface area contributed by atoms with Crippen LogP contribution in [0.3, 0.4) is 0 Å². The largest absolute Gasteiger partial charge is 0.465 e. The molecule has 1 aromatic rings. The fourth-order valence-electron chi connectivity index (χ4n) is 1.33. The molecule has 3 nitrogen and oxygen atoms in total. The Morgan fingerprint density at radius 2 is 2.54 bits per heavy atom. The van der Waals surface area contributed by atoms with E-state index in [0.717, 1.165) is 24.7 Å². The molecule has 1 aliphatic rings. The van der Waals surface area contributed by atoms with Gasteiger partial charge in [0, 0.05) is 18.1 Å². The lowest BCUT2D eigenvalue weighted by Gasteiger charge is -2.22. The zero-order valence-corrected chi connectivity index (χ0v) is 8.87. The lowest BCUT2D eigenvalue weighted by Crippen LogP contribution is -2.37. The molecule has 1 saturated heterocycles. The van der Waals surface area contributed by atoms with Gasteiger partial charge in [0.25, 0.3) is 5.19 Å². The van der Waals surface area contributed by atoms with Crippen molar-refractivity contribution in [3.05, 3.63) is 11.6 Å². The zero-order chi connectivity index (χ0) is 8.23. The average Bonchev–Trinajstić information content (AvgIpc) is 2.59. The Labute approximate surface area is 87.9 Å². The number of aromatic nitrogens is 1. The summed E-state index contributed by atoms with van der Waals surface area (Å²) >= 11 is 1.56. The third kappa shape index (κ3) is 3.14. The molecular weight excluding hydrogens is 208 g/mol. The van der Waals surface area contributed by atoms with Gasteiger partial charge in [0.2, 0.25) is 0 Å². The topological polar surface area (TPSA) is 34.1 Å². The van der Waals surface area contributed by atoms with E-state index >= 15 is 0 Å². The molecule has 1 N–H and O–H groups in total. The van der Waals surface area contributed by atoms with Crippen LogP contribution in [-0.4, -0.2) is 24.2 Å². The number of halogens is 1. The molecule has 0 aromatic carbocycles. The second-order valence-corrected chi connectivity index (χ2v) is 3.74. The SMILES string of the molecule is Cl.c1csc(O[C@H]2CCCNC2)n1. The van der Waals surface area contributed by atoms with Crippen molar-refractivity contribution < 1.29 is 4.74 Å². The lowest BCUT2D eigenvalue weighted by atomic mass is 10.1. The van der Waals surface area contributed by atoms with Crippen molar-refractivity contribution in [2.24, 2.45) is 0 Å². The molecule has 0 spiro atoms. The number of nitrogens with zero attached hydrogens (tertiary/aromatic N) is 1. The summed E-state index contributed by atoms with van der Waals surface area (Å²) in [5.74, 6) is 0. The summed E-state index contributed by atoms with van der Waals surface area (Å²) in [5, 5.41) is 6.03. The van der Waals surface area contributed by atoms with Gasteiger partial charge >= 0.3 is 0 Å². The van der Waals surface area contributed by atoms with Gasteiger partial charge in [-0.2, -0.15) is 0 Å². The monoisotopic (exact) mass is 220 g/mol. The Balaban J connectivity index is 0.000000845. The van der Waals surface area contributed by atoms with Crippen LogP contribution in [0.2, 0.25) is 0 Å². The molecule has 1 atom stereocenters. The van der Waals surface area contributed by atoms with Gasteiger partial charge in [-0.1, -0.05) is 11.3 Å². The van der Waals surface area contributed by atoms with Gasteiger partial charge in [0.05, 0.1) is 0 Å². The summed E-state index contributed by atoms with van der Waals surface area (Å²) < 4.78 is 5.64. The smallest absolute Gasteiger partial charge is 0.273 e. The van der Waals surface area contributed by atoms with Crippen LogP contribution < -0.4 is 10.1 Å². The first-order valence-electron chi connectivity index (χ1n) is 4.22. The molecule has 1 fully saturated rings. The van der Waals surface area contributed by atoms with Crippen LogP contribution in [0.4, 0.5) is 0 Å². The van der Waals surface area contributed by atoms with Gasteiger partial charge in [-0.05, 0) is 19.4 Å². The van der Waals surface area contributed by atoms with Crippen molar-refractivity contribution in [1.82, 2.24) is 10.3 Å². The molecule has 1 aromatic heterocycles. The molecular formula is C8H13ClN2OS. The third-order valence-corrected chi connectivity index (χ3v) is 2.59. The highest BCUT2D eigenvalue weighted by Crippen LogP contribution is 2.17. The Morgan fingerprint density at radius 1 is 1.62 bits per heavy atom. The second kappa shape index (κ2) is 5.42. The Bertz CT molecular complexity index is 224. The summed E-state index contributed by atoms with van der Waals surface area (Å²) in [4.78, 5) is 4.08. The minimum absolute atomic E-state index is 0. The molecule has 2 rings (SSSR count). The first-order valence-corrected chi connectivity index (χ1v) is 5.10. The fourth-order valence-corrected chi connectivity index (χ4v) is 1.88. The number of rotatable bonds is 2. The maximum Gasteiger partial charge on any atom is 0.273 e. The summed E-state index contributed by atoms with van der Waals surface area (Å²) in [6, 6.07) is 0. The van der Waals surface area contributed by atoms with E-state index in [1.54, 1.807) is 17.5 Å². The lowest BCUT2D eigenvalue weighted by molar-refractivity contribution is 0.166. The number of ether oxygens (including phenoxy) is 1. The van der Waals surface area contributed by atoms with E-state index in [1.807, 2.05) is 5.38 Å². The molecule has 5 heteroatoms. The predicted molar refractivity (Wildman–Crippen MR) is 55.9 cm³/mol. The minimum atomic E-state index is 0. The minimum Gasteiger partial charge on any atom is -0.465 e. The normalized spacial score (nSPS) is 22.0. The van der Waals surface area contributed by atoms with Crippen LogP contribution in [0.1, 0.15) is 12.8 Å². The molecule has 0 amide bonds. The molecule has 0 aliphatic carbocycles. The summed E-state index contributed by atoms with van der Waals surface area (Å²) in [7, 11) is 0. The summed E-state index contributed by atoms with van der Waals surface area (Å²) in [6.45, 7) is 2.08. The quantitative estimate of drug-likeness (QED) is 0.824. The molecule has 2 heterocycles. The van der Waals surface area contributed by atoms with Gasteiger partial charge in [-0.25, -0.2) is 4.98 Å². The number of nitrogens with one attached hydrogen (secondary N) is 1. The number of hydrogen-bond donors (Lipinski definition) is 1. The number of piperidine rings is 1. The van der Waals surface area contributed by atoms with E-state index in [9.17, 15) is 0 Å².